The predicted molar refractivity (Wildman–Crippen MR) is 102 cm³/mol. The van der Waals surface area contributed by atoms with Crippen LogP contribution in [0.4, 0.5) is 5.69 Å². The molecule has 2 aromatic rings. The Morgan fingerprint density at radius 2 is 1.70 bits per heavy atom. The average molecular weight is 362 g/mol. The van der Waals surface area contributed by atoms with Crippen LogP contribution in [0, 0.1) is 5.92 Å². The molecular weight excluding hydrogens is 340 g/mol. The van der Waals surface area contributed by atoms with Crippen LogP contribution in [0.5, 0.6) is 0 Å². The number of fused-ring (bicyclic) bond motifs is 3. The average Bonchev–Trinajstić information content (AvgIpc) is 3.54. The van der Waals surface area contributed by atoms with Gasteiger partial charge < -0.3 is 14.9 Å². The third-order valence-electron chi connectivity index (χ3n) is 6.13. The van der Waals surface area contributed by atoms with Gasteiger partial charge in [-0.25, -0.2) is 0 Å². The second-order valence-electron chi connectivity index (χ2n) is 7.70. The molecular formula is C22H22N2O3. The van der Waals surface area contributed by atoms with E-state index in [1.165, 1.54) is 0 Å². The Bertz CT molecular complexity index is 893. The number of hydrogen-bond acceptors (Lipinski definition) is 3. The summed E-state index contributed by atoms with van der Waals surface area (Å²) in [6.45, 7) is 0.427. The number of hydrogen-bond donors (Lipinski definition) is 1. The van der Waals surface area contributed by atoms with Crippen LogP contribution < -0.4 is 4.90 Å². The zero-order valence-electron chi connectivity index (χ0n) is 15.0. The number of aliphatic hydroxyl groups is 1. The van der Waals surface area contributed by atoms with Crippen LogP contribution >= 0.6 is 0 Å². The van der Waals surface area contributed by atoms with Crippen LogP contribution in [0.1, 0.15) is 34.7 Å². The molecule has 1 saturated heterocycles. The Kier molecular flexibility index (Phi) is 3.79. The number of benzene rings is 2. The number of amides is 2. The molecule has 5 rings (SSSR count). The van der Waals surface area contributed by atoms with E-state index < -0.39 is 0 Å². The Morgan fingerprint density at radius 1 is 1.00 bits per heavy atom. The van der Waals surface area contributed by atoms with Gasteiger partial charge in [-0.1, -0.05) is 36.4 Å². The van der Waals surface area contributed by atoms with Gasteiger partial charge in [-0.2, -0.15) is 0 Å². The molecule has 3 atom stereocenters. The van der Waals surface area contributed by atoms with Gasteiger partial charge in [0.15, 0.2) is 0 Å². The molecule has 1 aliphatic carbocycles. The molecule has 1 saturated carbocycles. The first-order valence-electron chi connectivity index (χ1n) is 9.59. The zero-order valence-corrected chi connectivity index (χ0v) is 15.0. The van der Waals surface area contributed by atoms with Gasteiger partial charge in [0.1, 0.15) is 0 Å². The maximum absolute atomic E-state index is 13.1. The summed E-state index contributed by atoms with van der Waals surface area (Å²) in [6, 6.07) is 16.8. The largest absolute Gasteiger partial charge is 0.394 e. The fourth-order valence-corrected chi connectivity index (χ4v) is 4.66. The van der Waals surface area contributed by atoms with E-state index in [4.69, 9.17) is 0 Å². The molecule has 2 amide bonds. The van der Waals surface area contributed by atoms with Crippen molar-refractivity contribution in [1.29, 1.82) is 0 Å². The Morgan fingerprint density at radius 3 is 2.41 bits per heavy atom. The highest BCUT2D eigenvalue weighted by Crippen LogP contribution is 2.49. The van der Waals surface area contributed by atoms with Crippen LogP contribution in [0.3, 0.4) is 0 Å². The van der Waals surface area contributed by atoms with Crippen molar-refractivity contribution in [3.63, 3.8) is 0 Å². The molecule has 2 heterocycles. The predicted octanol–water partition coefficient (Wildman–Crippen LogP) is 2.41. The molecule has 0 spiro atoms. The molecule has 2 aromatic carbocycles. The van der Waals surface area contributed by atoms with E-state index in [-0.39, 0.29) is 42.3 Å². The first-order valence-corrected chi connectivity index (χ1v) is 9.59. The molecule has 0 aromatic heterocycles. The molecule has 5 heteroatoms. The number of likely N-dealkylation sites (tertiary alicyclic amines) is 1. The number of anilines is 1. The van der Waals surface area contributed by atoms with Crippen LogP contribution in [-0.2, 0) is 4.79 Å². The lowest BCUT2D eigenvalue weighted by Gasteiger charge is -2.59. The second kappa shape index (κ2) is 6.20. The summed E-state index contributed by atoms with van der Waals surface area (Å²) in [5.74, 6) is 0.290. The molecule has 138 valence electrons. The van der Waals surface area contributed by atoms with Crippen molar-refractivity contribution in [2.24, 2.45) is 5.92 Å². The van der Waals surface area contributed by atoms with E-state index in [0.717, 1.165) is 24.1 Å². The van der Waals surface area contributed by atoms with Crippen LogP contribution in [0.25, 0.3) is 0 Å². The summed E-state index contributed by atoms with van der Waals surface area (Å²) in [5, 5.41) is 10.0. The van der Waals surface area contributed by atoms with Crippen LogP contribution in [0.2, 0.25) is 0 Å². The quantitative estimate of drug-likeness (QED) is 0.912. The van der Waals surface area contributed by atoms with Gasteiger partial charge in [0.05, 0.1) is 18.7 Å². The van der Waals surface area contributed by atoms with Crippen molar-refractivity contribution in [2.75, 3.05) is 18.1 Å². The lowest BCUT2D eigenvalue weighted by Crippen LogP contribution is -2.70. The molecule has 2 aliphatic heterocycles. The minimum atomic E-state index is -0.248. The fraction of sp³-hybridized carbons (Fsp3) is 0.364. The SMILES string of the molecule is O=C(C1CC1)N1C[C@H]2[C@@H](c3ccccc31)[C@H](CO)N2C(=O)c1ccccc1. The fourth-order valence-electron chi connectivity index (χ4n) is 4.66. The van der Waals surface area contributed by atoms with E-state index in [2.05, 4.69) is 0 Å². The van der Waals surface area contributed by atoms with Gasteiger partial charge in [-0.05, 0) is 36.6 Å². The molecule has 0 unspecified atom stereocenters. The number of aliphatic hydroxyl groups excluding tert-OH is 1. The standard InChI is InChI=1S/C22H22N2O3/c25-13-19-20-16-8-4-5-9-17(16)23(21(26)15-10-11-15)12-18(20)24(19)22(27)14-6-2-1-3-7-14/h1-9,15,18-20,25H,10-13H2/t18-,19-,20+/m0/s1. The lowest BCUT2D eigenvalue weighted by atomic mass is 9.71. The monoisotopic (exact) mass is 362 g/mol. The first-order chi connectivity index (χ1) is 13.2. The topological polar surface area (TPSA) is 60.9 Å². The van der Waals surface area contributed by atoms with E-state index in [1.807, 2.05) is 47.4 Å². The van der Waals surface area contributed by atoms with E-state index in [1.54, 1.807) is 17.0 Å². The Balaban J connectivity index is 1.52. The van der Waals surface area contributed by atoms with Gasteiger partial charge in [0.25, 0.3) is 5.91 Å². The number of para-hydroxylation sites is 1. The molecule has 3 aliphatic rings. The zero-order chi connectivity index (χ0) is 18.5. The maximum Gasteiger partial charge on any atom is 0.254 e. The van der Waals surface area contributed by atoms with Crippen molar-refractivity contribution in [1.82, 2.24) is 4.90 Å². The van der Waals surface area contributed by atoms with Gasteiger partial charge >= 0.3 is 0 Å². The summed E-state index contributed by atoms with van der Waals surface area (Å²) in [6.07, 6.45) is 1.91. The minimum Gasteiger partial charge on any atom is -0.394 e. The third kappa shape index (κ3) is 2.49. The Labute approximate surface area is 158 Å². The summed E-state index contributed by atoms with van der Waals surface area (Å²) >= 11 is 0. The highest BCUT2D eigenvalue weighted by molar-refractivity contribution is 5.99. The molecule has 5 nitrogen and oxygen atoms in total. The van der Waals surface area contributed by atoms with E-state index >= 15 is 0 Å². The number of rotatable bonds is 3. The summed E-state index contributed by atoms with van der Waals surface area (Å²) < 4.78 is 0. The smallest absolute Gasteiger partial charge is 0.254 e. The van der Waals surface area contributed by atoms with E-state index in [0.29, 0.717) is 12.1 Å². The van der Waals surface area contributed by atoms with Crippen molar-refractivity contribution in [2.45, 2.75) is 30.8 Å². The van der Waals surface area contributed by atoms with Crippen molar-refractivity contribution in [3.8, 4) is 0 Å². The van der Waals surface area contributed by atoms with Crippen LogP contribution in [-0.4, -0.2) is 47.1 Å². The third-order valence-corrected chi connectivity index (χ3v) is 6.13. The molecule has 1 N–H and O–H groups in total. The van der Waals surface area contributed by atoms with E-state index in [9.17, 15) is 14.7 Å². The summed E-state index contributed by atoms with van der Waals surface area (Å²) in [7, 11) is 0. The van der Waals surface area contributed by atoms with Gasteiger partial charge in [-0.3, -0.25) is 9.59 Å². The minimum absolute atomic E-state index is 0.0714. The molecule has 2 fully saturated rings. The Hall–Kier alpha value is -2.66. The highest BCUT2D eigenvalue weighted by Gasteiger charge is 2.55. The van der Waals surface area contributed by atoms with Crippen molar-refractivity contribution in [3.05, 3.63) is 65.7 Å². The van der Waals surface area contributed by atoms with Gasteiger partial charge in [-0.15, -0.1) is 0 Å². The lowest BCUT2D eigenvalue weighted by molar-refractivity contribution is -0.120. The van der Waals surface area contributed by atoms with Crippen LogP contribution in [0.15, 0.2) is 54.6 Å². The molecule has 0 radical (unpaired) electrons. The number of carbonyl (C=O) groups excluding carboxylic acids is 2. The highest BCUT2D eigenvalue weighted by atomic mass is 16.3. The normalized spacial score (nSPS) is 26.0. The summed E-state index contributed by atoms with van der Waals surface area (Å²) in [5.41, 5.74) is 2.63. The first kappa shape index (κ1) is 16.5. The maximum atomic E-state index is 13.1. The van der Waals surface area contributed by atoms with Gasteiger partial charge in [0, 0.05) is 29.6 Å². The van der Waals surface area contributed by atoms with Gasteiger partial charge in [0.2, 0.25) is 5.91 Å². The number of nitrogens with zero attached hydrogens (tertiary/aromatic N) is 2. The number of carbonyl (C=O) groups is 2. The van der Waals surface area contributed by atoms with Crippen molar-refractivity contribution < 1.29 is 14.7 Å². The molecule has 0 bridgehead atoms. The summed E-state index contributed by atoms with van der Waals surface area (Å²) in [4.78, 5) is 29.6. The second-order valence-corrected chi connectivity index (χ2v) is 7.70. The molecule has 27 heavy (non-hydrogen) atoms. The van der Waals surface area contributed by atoms with Crippen molar-refractivity contribution >= 4 is 17.5 Å².